The molecule has 0 aromatic heterocycles. The first-order valence-corrected chi connectivity index (χ1v) is 11.7. The van der Waals surface area contributed by atoms with Crippen LogP contribution in [0.25, 0.3) is 0 Å². The molecule has 4 heterocycles. The van der Waals surface area contributed by atoms with E-state index in [1.165, 1.54) is 0 Å². The van der Waals surface area contributed by atoms with Crippen molar-refractivity contribution in [2.75, 3.05) is 26.4 Å². The summed E-state index contributed by atoms with van der Waals surface area (Å²) in [5, 5.41) is 100. The maximum atomic E-state index is 10.6. The molecule has 4 rings (SSSR count). The Morgan fingerprint density at radius 1 is 0.541 bits per heavy atom. The first kappa shape index (κ1) is 29.3. The van der Waals surface area contributed by atoms with Crippen molar-refractivity contribution >= 4 is 0 Å². The Labute approximate surface area is 209 Å². The standard InChI is InChI=1S/C20H34O17/c21-1-6-10(24)14(28)20(34-6)37-16-8(4-31-17(30)15(16)29)36-19-13(27)11(25)7(3-33-19)35-18-12(26)9(23)5(22)2-32-18/h5-30H,1-4H2/t5-,6+,7-,8-,9+,10+,11+,12-,13-,14-,15-,16+,17?,18?,19?,20?/m1/s1. The van der Waals surface area contributed by atoms with Crippen LogP contribution in [-0.4, -0.2) is 176 Å². The molecular weight excluding hydrogens is 512 g/mol. The van der Waals surface area contributed by atoms with Crippen LogP contribution in [0.15, 0.2) is 0 Å². The molecule has 4 fully saturated rings. The highest BCUT2D eigenvalue weighted by molar-refractivity contribution is 4.93. The van der Waals surface area contributed by atoms with Gasteiger partial charge in [-0.25, -0.2) is 0 Å². The third kappa shape index (κ3) is 6.08. The Balaban J connectivity index is 1.37. The minimum atomic E-state index is -1.74. The molecule has 17 nitrogen and oxygen atoms in total. The van der Waals surface area contributed by atoms with Gasteiger partial charge in [0.05, 0.1) is 26.4 Å². The van der Waals surface area contributed by atoms with E-state index in [-0.39, 0.29) is 19.8 Å². The molecule has 4 aliphatic heterocycles. The summed E-state index contributed by atoms with van der Waals surface area (Å²) in [6.07, 6.45) is -24.0. The van der Waals surface area contributed by atoms with Gasteiger partial charge in [-0.15, -0.1) is 0 Å². The number of hydrogen-bond donors (Lipinski definition) is 10. The summed E-state index contributed by atoms with van der Waals surface area (Å²) >= 11 is 0. The largest absolute Gasteiger partial charge is 0.394 e. The lowest BCUT2D eigenvalue weighted by Crippen LogP contribution is -2.62. The summed E-state index contributed by atoms with van der Waals surface area (Å²) in [7, 11) is 0. The lowest BCUT2D eigenvalue weighted by molar-refractivity contribution is -0.356. The zero-order valence-electron chi connectivity index (χ0n) is 19.4. The minimum Gasteiger partial charge on any atom is -0.394 e. The molecule has 0 spiro atoms. The molecular formula is C20H34O17. The van der Waals surface area contributed by atoms with Gasteiger partial charge in [-0.1, -0.05) is 0 Å². The first-order chi connectivity index (χ1) is 17.5. The zero-order valence-corrected chi connectivity index (χ0v) is 19.4. The van der Waals surface area contributed by atoms with E-state index in [9.17, 15) is 51.1 Å². The topological polar surface area (TPSA) is 267 Å². The van der Waals surface area contributed by atoms with Crippen molar-refractivity contribution in [1.82, 2.24) is 0 Å². The van der Waals surface area contributed by atoms with Gasteiger partial charge >= 0.3 is 0 Å². The number of rotatable bonds is 7. The molecule has 0 amide bonds. The number of aliphatic hydroxyl groups excluding tert-OH is 10. The van der Waals surface area contributed by atoms with Crippen LogP contribution in [0.4, 0.5) is 0 Å². The van der Waals surface area contributed by atoms with Crippen LogP contribution in [0, 0.1) is 0 Å². The zero-order chi connectivity index (χ0) is 27.0. The van der Waals surface area contributed by atoms with Gasteiger partial charge in [0.2, 0.25) is 0 Å². The lowest BCUT2D eigenvalue weighted by atomic mass is 10.0. The monoisotopic (exact) mass is 546 g/mol. The van der Waals surface area contributed by atoms with Crippen molar-refractivity contribution in [2.45, 2.75) is 98.4 Å². The molecule has 0 aromatic rings. The van der Waals surface area contributed by atoms with Gasteiger partial charge in [-0.2, -0.15) is 0 Å². The van der Waals surface area contributed by atoms with Gasteiger partial charge < -0.3 is 84.2 Å². The average molecular weight is 546 g/mol. The first-order valence-electron chi connectivity index (χ1n) is 11.7. The summed E-state index contributed by atoms with van der Waals surface area (Å²) < 4.78 is 37.5. The fourth-order valence-corrected chi connectivity index (χ4v) is 4.44. The average Bonchev–Trinajstić information content (AvgIpc) is 3.15. The van der Waals surface area contributed by atoms with Crippen molar-refractivity contribution in [2.24, 2.45) is 0 Å². The summed E-state index contributed by atoms with van der Waals surface area (Å²) in [6.45, 7) is -1.73. The third-order valence-corrected chi connectivity index (χ3v) is 6.72. The van der Waals surface area contributed by atoms with Crippen molar-refractivity contribution < 1.29 is 84.2 Å². The predicted molar refractivity (Wildman–Crippen MR) is 110 cm³/mol. The Kier molecular flexibility index (Phi) is 9.69. The second kappa shape index (κ2) is 12.2. The maximum Gasteiger partial charge on any atom is 0.187 e. The molecule has 4 aliphatic rings. The van der Waals surface area contributed by atoms with E-state index in [0.29, 0.717) is 0 Å². The van der Waals surface area contributed by atoms with Crippen LogP contribution in [0.3, 0.4) is 0 Å². The fraction of sp³-hybridized carbons (Fsp3) is 1.00. The number of ether oxygens (including phenoxy) is 7. The minimum absolute atomic E-state index is 0.340. The molecule has 4 saturated heterocycles. The molecule has 0 aliphatic carbocycles. The van der Waals surface area contributed by atoms with E-state index in [0.717, 1.165) is 0 Å². The second-order valence-electron chi connectivity index (χ2n) is 9.30. The van der Waals surface area contributed by atoms with Crippen molar-refractivity contribution in [1.29, 1.82) is 0 Å². The second-order valence-corrected chi connectivity index (χ2v) is 9.30. The molecule has 16 atom stereocenters. The predicted octanol–water partition coefficient (Wildman–Crippen LogP) is -7.19. The highest BCUT2D eigenvalue weighted by atomic mass is 16.8. The molecule has 0 bridgehead atoms. The Morgan fingerprint density at radius 3 is 1.76 bits per heavy atom. The Bertz CT molecular complexity index is 731. The molecule has 10 N–H and O–H groups in total. The van der Waals surface area contributed by atoms with E-state index in [1.54, 1.807) is 0 Å². The number of aliphatic hydroxyl groups is 10. The van der Waals surface area contributed by atoms with E-state index < -0.39 is 105 Å². The smallest absolute Gasteiger partial charge is 0.187 e. The summed E-state index contributed by atoms with van der Waals surface area (Å²) in [6, 6.07) is 0. The van der Waals surface area contributed by atoms with Gasteiger partial charge in [0, 0.05) is 0 Å². The van der Waals surface area contributed by atoms with Gasteiger partial charge in [0.15, 0.2) is 25.2 Å². The van der Waals surface area contributed by atoms with Crippen molar-refractivity contribution in [3.05, 3.63) is 0 Å². The third-order valence-electron chi connectivity index (χ3n) is 6.72. The Hall–Kier alpha value is -0.680. The van der Waals surface area contributed by atoms with Crippen LogP contribution in [0.5, 0.6) is 0 Å². The fourth-order valence-electron chi connectivity index (χ4n) is 4.44. The van der Waals surface area contributed by atoms with Crippen LogP contribution in [-0.2, 0) is 33.2 Å². The molecule has 37 heavy (non-hydrogen) atoms. The van der Waals surface area contributed by atoms with Crippen LogP contribution in [0.2, 0.25) is 0 Å². The molecule has 0 radical (unpaired) electrons. The van der Waals surface area contributed by atoms with E-state index >= 15 is 0 Å². The highest BCUT2D eigenvalue weighted by Gasteiger charge is 2.51. The maximum absolute atomic E-state index is 10.6. The molecule has 216 valence electrons. The molecule has 17 heteroatoms. The molecule has 0 aromatic carbocycles. The quantitative estimate of drug-likeness (QED) is 0.142. The molecule has 4 unspecified atom stereocenters. The SMILES string of the molecule is OC[C@@H]1OC(O[C@H]2[C@H](OC3OC[C@@H](OC4OC[C@@H](O)[C@H](O)[C@H]4O)[C@H](O)[C@H]3O)COC(O)[C@@H]2O)[C@H](O)[C@H]1O. The molecule has 0 saturated carbocycles. The van der Waals surface area contributed by atoms with Crippen LogP contribution in [0.1, 0.15) is 0 Å². The van der Waals surface area contributed by atoms with Gasteiger partial charge in [0.1, 0.15) is 73.2 Å². The Morgan fingerprint density at radius 2 is 1.11 bits per heavy atom. The summed E-state index contributed by atoms with van der Waals surface area (Å²) in [5.41, 5.74) is 0. The van der Waals surface area contributed by atoms with Crippen molar-refractivity contribution in [3.63, 3.8) is 0 Å². The van der Waals surface area contributed by atoms with Gasteiger partial charge in [0.25, 0.3) is 0 Å². The van der Waals surface area contributed by atoms with Gasteiger partial charge in [-0.3, -0.25) is 0 Å². The number of hydrogen-bond acceptors (Lipinski definition) is 17. The lowest BCUT2D eigenvalue weighted by Gasteiger charge is -2.44. The highest BCUT2D eigenvalue weighted by Crippen LogP contribution is 2.30. The van der Waals surface area contributed by atoms with E-state index in [4.69, 9.17) is 33.2 Å². The summed E-state index contributed by atoms with van der Waals surface area (Å²) in [5.74, 6) is 0. The van der Waals surface area contributed by atoms with E-state index in [1.807, 2.05) is 0 Å². The van der Waals surface area contributed by atoms with E-state index in [2.05, 4.69) is 0 Å². The van der Waals surface area contributed by atoms with Gasteiger partial charge in [-0.05, 0) is 0 Å². The van der Waals surface area contributed by atoms with Crippen LogP contribution < -0.4 is 0 Å². The normalized spacial score (nSPS) is 53.4. The van der Waals surface area contributed by atoms with Crippen molar-refractivity contribution in [3.8, 4) is 0 Å². The van der Waals surface area contributed by atoms with Crippen LogP contribution >= 0.6 is 0 Å². The summed E-state index contributed by atoms with van der Waals surface area (Å²) in [4.78, 5) is 0.